The smallest absolute Gasteiger partial charge is 0.198 e. The van der Waals surface area contributed by atoms with Crippen LogP contribution < -0.4 is 9.13 Å². The summed E-state index contributed by atoms with van der Waals surface area (Å²) in [5, 5.41) is 5.72. The van der Waals surface area contributed by atoms with Crippen LogP contribution in [0.1, 0.15) is 11.1 Å². The number of aromatic nitrogens is 2. The minimum Gasteiger partial charge on any atom is -0.198 e. The van der Waals surface area contributed by atoms with Crippen molar-refractivity contribution in [3.05, 3.63) is 70.0 Å². The predicted octanol–water partition coefficient (Wildman–Crippen LogP) is 1.49. The van der Waals surface area contributed by atoms with Crippen LogP contribution in [0.5, 0.6) is 0 Å². The van der Waals surface area contributed by atoms with Gasteiger partial charge in [-0.05, 0) is 11.1 Å². The van der Waals surface area contributed by atoms with Crippen molar-refractivity contribution >= 4 is 0 Å². The Kier molecular flexibility index (Phi) is 5.00. The highest BCUT2D eigenvalue weighted by Gasteiger charge is 2.06. The quantitative estimate of drug-likeness (QED) is 0.566. The fourth-order valence-corrected chi connectivity index (χ4v) is 1.87. The Morgan fingerprint density at radius 3 is 1.35 bits per heavy atom. The van der Waals surface area contributed by atoms with E-state index in [0.717, 1.165) is 24.2 Å². The molecule has 0 bridgehead atoms. The first-order valence-electron chi connectivity index (χ1n) is 6.36. The molecule has 102 valence electrons. The van der Waals surface area contributed by atoms with Gasteiger partial charge in [0.2, 0.25) is 13.1 Å². The molecule has 0 N–H and O–H groups in total. The molecule has 0 fully saturated rings. The van der Waals surface area contributed by atoms with Crippen LogP contribution in [0, 0.1) is 9.81 Å². The molecule has 0 aliphatic rings. The summed E-state index contributed by atoms with van der Waals surface area (Å²) in [6, 6.07) is 7.58. The first-order valence-corrected chi connectivity index (χ1v) is 6.36. The number of pyridine rings is 2. The van der Waals surface area contributed by atoms with Crippen LogP contribution in [0.15, 0.2) is 59.4 Å². The van der Waals surface area contributed by atoms with E-state index in [2.05, 4.69) is 10.4 Å². The maximum absolute atomic E-state index is 10.2. The first kappa shape index (κ1) is 13.9. The maximum atomic E-state index is 10.2. The molecule has 2 rings (SSSR count). The van der Waals surface area contributed by atoms with E-state index in [1.807, 2.05) is 58.2 Å². The molecule has 2 aromatic rings. The van der Waals surface area contributed by atoms with Gasteiger partial charge in [-0.15, -0.1) is 0 Å². The molecular formula is C14H16N4O2+2. The lowest BCUT2D eigenvalue weighted by molar-refractivity contribution is -0.778. The van der Waals surface area contributed by atoms with E-state index in [1.54, 1.807) is 0 Å². The van der Waals surface area contributed by atoms with Gasteiger partial charge in [0.1, 0.15) is 13.1 Å². The van der Waals surface area contributed by atoms with Crippen LogP contribution in [-0.2, 0) is 26.2 Å². The second-order valence-electron chi connectivity index (χ2n) is 4.46. The van der Waals surface area contributed by atoms with E-state index >= 15 is 0 Å². The van der Waals surface area contributed by atoms with Crippen LogP contribution in [0.4, 0.5) is 0 Å². The van der Waals surface area contributed by atoms with E-state index in [-0.39, 0.29) is 13.1 Å². The fourth-order valence-electron chi connectivity index (χ4n) is 1.87. The highest BCUT2D eigenvalue weighted by Crippen LogP contribution is 1.97. The lowest BCUT2D eigenvalue weighted by atomic mass is 10.2. The third kappa shape index (κ3) is 4.01. The average Bonchev–Trinajstić information content (AvgIpc) is 2.49. The van der Waals surface area contributed by atoms with Crippen molar-refractivity contribution in [2.24, 2.45) is 10.4 Å². The van der Waals surface area contributed by atoms with Crippen molar-refractivity contribution in [3.8, 4) is 0 Å². The molecule has 0 radical (unpaired) electrons. The van der Waals surface area contributed by atoms with Crippen molar-refractivity contribution in [1.82, 2.24) is 0 Å². The monoisotopic (exact) mass is 272 g/mol. The number of nitroso groups, excluding NO2 is 2. The van der Waals surface area contributed by atoms with Crippen molar-refractivity contribution in [3.63, 3.8) is 0 Å². The standard InChI is InChI=1S/C14H16N4O2/c19-15-11-13-1-5-17(6-2-13)9-10-18-7-3-14(4-8-18)12-16-20/h1-8H,9-12H2/q+2. The average molecular weight is 272 g/mol. The Balaban J connectivity index is 1.90. The van der Waals surface area contributed by atoms with Gasteiger partial charge in [-0.1, -0.05) is 10.4 Å². The molecule has 6 nitrogen and oxygen atoms in total. The Labute approximate surface area is 116 Å². The second-order valence-corrected chi connectivity index (χ2v) is 4.46. The Bertz CT molecular complexity index is 513. The molecule has 0 saturated heterocycles. The van der Waals surface area contributed by atoms with Gasteiger partial charge >= 0.3 is 0 Å². The molecule has 2 heterocycles. The van der Waals surface area contributed by atoms with Gasteiger partial charge in [0, 0.05) is 24.3 Å². The lowest BCUT2D eigenvalue weighted by Crippen LogP contribution is -2.43. The molecule has 6 heteroatoms. The van der Waals surface area contributed by atoms with E-state index in [1.165, 1.54) is 0 Å². The van der Waals surface area contributed by atoms with Crippen molar-refractivity contribution in [2.45, 2.75) is 26.2 Å². The van der Waals surface area contributed by atoms with Gasteiger partial charge in [0.25, 0.3) is 0 Å². The minimum atomic E-state index is 0.210. The molecule has 20 heavy (non-hydrogen) atoms. The molecule has 0 spiro atoms. The van der Waals surface area contributed by atoms with E-state index in [4.69, 9.17) is 0 Å². The summed E-state index contributed by atoms with van der Waals surface area (Å²) < 4.78 is 4.09. The number of hydrogen-bond acceptors (Lipinski definition) is 4. The zero-order chi connectivity index (χ0) is 14.2. The SMILES string of the molecule is O=NCc1cc[n+](CC[n+]2ccc(CN=O)cc2)cc1. The van der Waals surface area contributed by atoms with Crippen LogP contribution in [0.25, 0.3) is 0 Å². The maximum Gasteiger partial charge on any atom is 0.206 e. The van der Waals surface area contributed by atoms with Gasteiger partial charge in [0.15, 0.2) is 24.8 Å². The molecule has 2 aromatic heterocycles. The summed E-state index contributed by atoms with van der Waals surface area (Å²) in [6.07, 6.45) is 7.75. The van der Waals surface area contributed by atoms with Crippen LogP contribution >= 0.6 is 0 Å². The van der Waals surface area contributed by atoms with Gasteiger partial charge in [-0.2, -0.15) is 18.9 Å². The molecule has 0 aliphatic carbocycles. The van der Waals surface area contributed by atoms with Crippen molar-refractivity contribution < 1.29 is 9.13 Å². The molecular weight excluding hydrogens is 256 g/mol. The topological polar surface area (TPSA) is 66.6 Å². The van der Waals surface area contributed by atoms with Crippen LogP contribution in [0.3, 0.4) is 0 Å². The highest BCUT2D eigenvalue weighted by molar-refractivity contribution is 5.07. The molecule has 0 unspecified atom stereocenters. The molecule has 0 amide bonds. The highest BCUT2D eigenvalue weighted by atomic mass is 16.3. The van der Waals surface area contributed by atoms with Gasteiger partial charge < -0.3 is 0 Å². The second kappa shape index (κ2) is 7.18. The first-order chi connectivity index (χ1) is 9.81. The van der Waals surface area contributed by atoms with E-state index in [0.29, 0.717) is 0 Å². The van der Waals surface area contributed by atoms with Crippen molar-refractivity contribution in [2.75, 3.05) is 0 Å². The number of nitrogens with zero attached hydrogens (tertiary/aromatic N) is 4. The molecule has 0 aliphatic heterocycles. The normalized spacial score (nSPS) is 10.2. The van der Waals surface area contributed by atoms with Crippen LogP contribution in [0.2, 0.25) is 0 Å². The van der Waals surface area contributed by atoms with Gasteiger partial charge in [-0.3, -0.25) is 0 Å². The largest absolute Gasteiger partial charge is 0.206 e. The van der Waals surface area contributed by atoms with Crippen LogP contribution in [-0.4, -0.2) is 0 Å². The number of hydrogen-bond donors (Lipinski definition) is 0. The van der Waals surface area contributed by atoms with Gasteiger partial charge in [0.05, 0.1) is 0 Å². The summed E-state index contributed by atoms with van der Waals surface area (Å²) in [5.74, 6) is 0. The Hall–Kier alpha value is -2.50. The number of aryl methyl sites for hydroxylation is 2. The summed E-state index contributed by atoms with van der Waals surface area (Å²) >= 11 is 0. The summed E-state index contributed by atoms with van der Waals surface area (Å²) in [5.41, 5.74) is 1.82. The van der Waals surface area contributed by atoms with E-state index in [9.17, 15) is 9.81 Å². The zero-order valence-electron chi connectivity index (χ0n) is 11.1. The third-order valence-electron chi connectivity index (χ3n) is 3.03. The summed E-state index contributed by atoms with van der Waals surface area (Å²) in [6.45, 7) is 2.07. The summed E-state index contributed by atoms with van der Waals surface area (Å²) in [7, 11) is 0. The Morgan fingerprint density at radius 2 is 1.05 bits per heavy atom. The summed E-state index contributed by atoms with van der Waals surface area (Å²) in [4.78, 5) is 20.3. The lowest BCUT2D eigenvalue weighted by Gasteiger charge is -1.97. The van der Waals surface area contributed by atoms with E-state index < -0.39 is 0 Å². The molecule has 0 saturated carbocycles. The Morgan fingerprint density at radius 1 is 0.700 bits per heavy atom. The molecule has 0 atom stereocenters. The number of rotatable bonds is 7. The fraction of sp³-hybridized carbons (Fsp3) is 0.286. The third-order valence-corrected chi connectivity index (χ3v) is 3.03. The van der Waals surface area contributed by atoms with Crippen molar-refractivity contribution in [1.29, 1.82) is 0 Å². The van der Waals surface area contributed by atoms with Gasteiger partial charge in [-0.25, -0.2) is 0 Å². The molecule has 0 aromatic carbocycles. The minimum absolute atomic E-state index is 0.210. The predicted molar refractivity (Wildman–Crippen MR) is 72.3 cm³/mol. The zero-order valence-corrected chi connectivity index (χ0v) is 11.1.